The van der Waals surface area contributed by atoms with Crippen LogP contribution in [0.3, 0.4) is 0 Å². The van der Waals surface area contributed by atoms with Gasteiger partial charge in [-0.3, -0.25) is 4.79 Å². The van der Waals surface area contributed by atoms with E-state index in [9.17, 15) is 4.79 Å². The Morgan fingerprint density at radius 3 is 2.20 bits per heavy atom. The molecule has 2 aromatic heterocycles. The molecule has 2 N–H and O–H groups in total. The number of nitrogens with zero attached hydrogens (tertiary/aromatic N) is 2. The van der Waals surface area contributed by atoms with Gasteiger partial charge in [-0.15, -0.1) is 11.3 Å². The van der Waals surface area contributed by atoms with Gasteiger partial charge in [-0.05, 0) is 36.5 Å². The van der Waals surface area contributed by atoms with Crippen molar-refractivity contribution in [3.63, 3.8) is 0 Å². The summed E-state index contributed by atoms with van der Waals surface area (Å²) in [5.41, 5.74) is 11.2. The molecule has 0 radical (unpaired) electrons. The SMILES string of the molecule is Nc1c(C(=O)N2CCCCC2)sc2nc(-c3ccccc3)cc(-c3ccccc3)c12. The fourth-order valence-electron chi connectivity index (χ4n) is 4.12. The quantitative estimate of drug-likeness (QED) is 0.459. The summed E-state index contributed by atoms with van der Waals surface area (Å²) in [6, 6.07) is 22.4. The van der Waals surface area contributed by atoms with Crippen LogP contribution in [-0.2, 0) is 0 Å². The van der Waals surface area contributed by atoms with Crippen molar-refractivity contribution >= 4 is 33.1 Å². The Balaban J connectivity index is 1.71. The number of aromatic nitrogens is 1. The molecule has 1 aliphatic heterocycles. The first-order valence-electron chi connectivity index (χ1n) is 10.4. The molecule has 0 unspecified atom stereocenters. The number of fused-ring (bicyclic) bond motifs is 1. The summed E-state index contributed by atoms with van der Waals surface area (Å²) in [6.07, 6.45) is 3.30. The van der Waals surface area contributed by atoms with Crippen LogP contribution in [0.5, 0.6) is 0 Å². The first kappa shape index (κ1) is 18.8. The first-order chi connectivity index (χ1) is 14.7. The normalized spacial score (nSPS) is 14.2. The number of thiophene rings is 1. The van der Waals surface area contributed by atoms with Crippen molar-refractivity contribution in [1.29, 1.82) is 0 Å². The Morgan fingerprint density at radius 1 is 0.900 bits per heavy atom. The minimum Gasteiger partial charge on any atom is -0.397 e. The van der Waals surface area contributed by atoms with E-state index < -0.39 is 0 Å². The molecule has 4 aromatic rings. The van der Waals surface area contributed by atoms with Crippen LogP contribution in [0.4, 0.5) is 5.69 Å². The first-order valence-corrected chi connectivity index (χ1v) is 11.2. The maximum atomic E-state index is 13.2. The van der Waals surface area contributed by atoms with Crippen LogP contribution in [0.15, 0.2) is 66.7 Å². The Bertz CT molecular complexity index is 1200. The van der Waals surface area contributed by atoms with Crippen LogP contribution in [0, 0.1) is 0 Å². The van der Waals surface area contributed by atoms with Crippen molar-refractivity contribution in [2.24, 2.45) is 0 Å². The third kappa shape index (κ3) is 3.35. The fourth-order valence-corrected chi connectivity index (χ4v) is 5.21. The molecule has 5 heteroatoms. The van der Waals surface area contributed by atoms with Gasteiger partial charge in [0.15, 0.2) is 0 Å². The van der Waals surface area contributed by atoms with E-state index in [0.717, 1.165) is 58.5 Å². The van der Waals surface area contributed by atoms with E-state index in [1.54, 1.807) is 0 Å². The number of pyridine rings is 1. The van der Waals surface area contributed by atoms with Crippen molar-refractivity contribution in [2.45, 2.75) is 19.3 Å². The van der Waals surface area contributed by atoms with Gasteiger partial charge in [0.05, 0.1) is 11.4 Å². The lowest BCUT2D eigenvalue weighted by atomic mass is 9.99. The molecule has 0 saturated carbocycles. The molecule has 150 valence electrons. The van der Waals surface area contributed by atoms with Gasteiger partial charge in [-0.25, -0.2) is 4.98 Å². The number of carbonyl (C=O) groups is 1. The zero-order valence-electron chi connectivity index (χ0n) is 16.7. The van der Waals surface area contributed by atoms with E-state index >= 15 is 0 Å². The molecule has 2 aromatic carbocycles. The highest BCUT2D eigenvalue weighted by atomic mass is 32.1. The minimum atomic E-state index is 0.0375. The van der Waals surface area contributed by atoms with Gasteiger partial charge < -0.3 is 10.6 Å². The van der Waals surface area contributed by atoms with Gasteiger partial charge in [0, 0.05) is 24.0 Å². The number of anilines is 1. The molecule has 0 spiro atoms. The van der Waals surface area contributed by atoms with Crippen molar-refractivity contribution < 1.29 is 4.79 Å². The lowest BCUT2D eigenvalue weighted by Gasteiger charge is -2.26. The minimum absolute atomic E-state index is 0.0375. The molecule has 4 nitrogen and oxygen atoms in total. The van der Waals surface area contributed by atoms with Crippen LogP contribution in [-0.4, -0.2) is 28.9 Å². The molecule has 1 aliphatic rings. The smallest absolute Gasteiger partial charge is 0.266 e. The topological polar surface area (TPSA) is 59.2 Å². The van der Waals surface area contributed by atoms with Crippen molar-refractivity contribution in [3.05, 3.63) is 71.6 Å². The lowest BCUT2D eigenvalue weighted by molar-refractivity contribution is 0.0730. The number of piperidine rings is 1. The highest BCUT2D eigenvalue weighted by Crippen LogP contribution is 2.41. The van der Waals surface area contributed by atoms with Gasteiger partial charge in [-0.2, -0.15) is 0 Å². The second-order valence-electron chi connectivity index (χ2n) is 7.66. The van der Waals surface area contributed by atoms with Crippen LogP contribution in [0.1, 0.15) is 28.9 Å². The standard InChI is InChI=1S/C25H23N3OS/c26-22-21-19(17-10-4-1-5-11-17)16-20(18-12-6-2-7-13-18)27-24(21)30-23(22)25(29)28-14-8-3-9-15-28/h1-2,4-7,10-13,16H,3,8-9,14-15,26H2. The zero-order valence-corrected chi connectivity index (χ0v) is 17.5. The molecule has 0 bridgehead atoms. The summed E-state index contributed by atoms with van der Waals surface area (Å²) >= 11 is 1.42. The molecule has 0 atom stereocenters. The number of carbonyl (C=O) groups excluding carboxylic acids is 1. The third-order valence-corrected chi connectivity index (χ3v) is 6.78. The predicted octanol–water partition coefficient (Wildman–Crippen LogP) is 5.84. The second kappa shape index (κ2) is 7.92. The summed E-state index contributed by atoms with van der Waals surface area (Å²) < 4.78 is 0. The number of amides is 1. The van der Waals surface area contributed by atoms with Gasteiger partial charge in [0.1, 0.15) is 9.71 Å². The Hall–Kier alpha value is -3.18. The van der Waals surface area contributed by atoms with E-state index in [1.807, 2.05) is 41.3 Å². The maximum absolute atomic E-state index is 13.2. The summed E-state index contributed by atoms with van der Waals surface area (Å²) in [5, 5.41) is 0.881. The summed E-state index contributed by atoms with van der Waals surface area (Å²) in [4.78, 5) is 21.5. The van der Waals surface area contributed by atoms with E-state index in [1.165, 1.54) is 17.8 Å². The number of nitrogen functional groups attached to an aromatic ring is 1. The third-order valence-electron chi connectivity index (χ3n) is 5.69. The van der Waals surface area contributed by atoms with Crippen LogP contribution < -0.4 is 5.73 Å². The lowest BCUT2D eigenvalue weighted by Crippen LogP contribution is -2.35. The van der Waals surface area contributed by atoms with Crippen molar-refractivity contribution in [2.75, 3.05) is 18.8 Å². The highest BCUT2D eigenvalue weighted by molar-refractivity contribution is 7.21. The number of hydrogen-bond donors (Lipinski definition) is 1. The molecule has 5 rings (SSSR count). The highest BCUT2D eigenvalue weighted by Gasteiger charge is 2.25. The fraction of sp³-hybridized carbons (Fsp3) is 0.200. The maximum Gasteiger partial charge on any atom is 0.266 e. The molecular weight excluding hydrogens is 390 g/mol. The van der Waals surface area contributed by atoms with E-state index in [2.05, 4.69) is 30.3 Å². The Kier molecular flexibility index (Phi) is 4.97. The molecule has 3 heterocycles. The molecule has 30 heavy (non-hydrogen) atoms. The van der Waals surface area contributed by atoms with Crippen LogP contribution in [0.2, 0.25) is 0 Å². The Labute approximate surface area is 180 Å². The van der Waals surface area contributed by atoms with E-state index in [4.69, 9.17) is 10.7 Å². The number of likely N-dealkylation sites (tertiary alicyclic amines) is 1. The van der Waals surface area contributed by atoms with E-state index in [-0.39, 0.29) is 5.91 Å². The van der Waals surface area contributed by atoms with Crippen LogP contribution in [0.25, 0.3) is 32.6 Å². The van der Waals surface area contributed by atoms with Gasteiger partial charge in [-0.1, -0.05) is 60.7 Å². The van der Waals surface area contributed by atoms with Gasteiger partial charge in [0.2, 0.25) is 0 Å². The van der Waals surface area contributed by atoms with Gasteiger partial charge >= 0.3 is 0 Å². The van der Waals surface area contributed by atoms with Crippen molar-refractivity contribution in [1.82, 2.24) is 9.88 Å². The van der Waals surface area contributed by atoms with E-state index in [0.29, 0.717) is 10.6 Å². The summed E-state index contributed by atoms with van der Waals surface area (Å²) in [5.74, 6) is 0.0375. The molecule has 1 fully saturated rings. The molecule has 1 saturated heterocycles. The molecule has 0 aliphatic carbocycles. The number of rotatable bonds is 3. The monoisotopic (exact) mass is 413 g/mol. The largest absolute Gasteiger partial charge is 0.397 e. The number of benzene rings is 2. The van der Waals surface area contributed by atoms with Crippen molar-refractivity contribution in [3.8, 4) is 22.4 Å². The summed E-state index contributed by atoms with van der Waals surface area (Å²) in [7, 11) is 0. The summed E-state index contributed by atoms with van der Waals surface area (Å²) in [6.45, 7) is 1.61. The second-order valence-corrected chi connectivity index (χ2v) is 8.66. The predicted molar refractivity (Wildman–Crippen MR) is 125 cm³/mol. The molecular formula is C25H23N3OS. The Morgan fingerprint density at radius 2 is 1.53 bits per heavy atom. The molecule has 1 amide bonds. The van der Waals surface area contributed by atoms with Crippen LogP contribution >= 0.6 is 11.3 Å². The number of nitrogens with two attached hydrogens (primary N) is 1. The average Bonchev–Trinajstić information content (AvgIpc) is 3.16. The zero-order chi connectivity index (χ0) is 20.5. The van der Waals surface area contributed by atoms with Gasteiger partial charge in [0.25, 0.3) is 5.91 Å². The number of hydrogen-bond acceptors (Lipinski definition) is 4. The average molecular weight is 414 g/mol.